The van der Waals surface area contributed by atoms with Crippen LogP contribution in [0.4, 0.5) is 5.69 Å². The smallest absolute Gasteiger partial charge is 0.261 e. The molecule has 5 nitrogen and oxygen atoms in total. The van der Waals surface area contributed by atoms with Gasteiger partial charge < -0.3 is 5.32 Å². The molecule has 1 aliphatic carbocycles. The molecule has 0 aromatic heterocycles. The summed E-state index contributed by atoms with van der Waals surface area (Å²) in [4.78, 5) is 13.5. The van der Waals surface area contributed by atoms with E-state index in [0.717, 1.165) is 30.6 Å². The van der Waals surface area contributed by atoms with Crippen LogP contribution in [0.3, 0.4) is 0 Å². The minimum atomic E-state index is -3.65. The van der Waals surface area contributed by atoms with E-state index in [1.807, 2.05) is 6.26 Å². The van der Waals surface area contributed by atoms with E-state index in [1.54, 1.807) is 60.3 Å². The lowest BCUT2D eigenvalue weighted by Crippen LogP contribution is -2.36. The first-order valence-corrected chi connectivity index (χ1v) is 11.8. The molecular weight excluding hydrogens is 380 g/mol. The average Bonchev–Trinajstić information content (AvgIpc) is 2.69. The maximum Gasteiger partial charge on any atom is 0.261 e. The third-order valence-corrected chi connectivity index (χ3v) is 6.85. The minimum Gasteiger partial charge on any atom is -0.349 e. The van der Waals surface area contributed by atoms with Gasteiger partial charge in [0, 0.05) is 22.2 Å². The van der Waals surface area contributed by atoms with Gasteiger partial charge in [0.1, 0.15) is 0 Å². The molecule has 0 heterocycles. The summed E-state index contributed by atoms with van der Waals surface area (Å²) >= 11 is 1.56. The Hall–Kier alpha value is -1.99. The van der Waals surface area contributed by atoms with Crippen LogP contribution in [-0.2, 0) is 10.0 Å². The van der Waals surface area contributed by atoms with Crippen LogP contribution < -0.4 is 10.0 Å². The Morgan fingerprint density at radius 2 is 1.59 bits per heavy atom. The van der Waals surface area contributed by atoms with Crippen LogP contribution in [0, 0.1) is 0 Å². The van der Waals surface area contributed by atoms with Crippen LogP contribution in [0.15, 0.2) is 58.3 Å². The quantitative estimate of drug-likeness (QED) is 0.705. The van der Waals surface area contributed by atoms with Gasteiger partial charge >= 0.3 is 0 Å². The fourth-order valence-electron chi connectivity index (χ4n) is 3.17. The predicted octanol–water partition coefficient (Wildman–Crippen LogP) is 4.27. The monoisotopic (exact) mass is 404 g/mol. The normalized spacial score (nSPS) is 15.3. The molecule has 2 aromatic carbocycles. The molecule has 1 saturated carbocycles. The zero-order chi connectivity index (χ0) is 19.3. The lowest BCUT2D eigenvalue weighted by molar-refractivity contribution is 0.0927. The van der Waals surface area contributed by atoms with Crippen molar-refractivity contribution in [3.63, 3.8) is 0 Å². The zero-order valence-corrected chi connectivity index (χ0v) is 16.9. The maximum atomic E-state index is 12.5. The molecule has 7 heteroatoms. The molecule has 0 unspecified atom stereocenters. The fourth-order valence-corrected chi connectivity index (χ4v) is 4.64. The van der Waals surface area contributed by atoms with Gasteiger partial charge in [-0.15, -0.1) is 11.8 Å². The van der Waals surface area contributed by atoms with Gasteiger partial charge in [0.05, 0.1) is 4.90 Å². The highest BCUT2D eigenvalue weighted by molar-refractivity contribution is 7.98. The molecule has 1 amide bonds. The predicted molar refractivity (Wildman–Crippen MR) is 110 cm³/mol. The van der Waals surface area contributed by atoms with E-state index in [4.69, 9.17) is 0 Å². The number of hydrogen-bond acceptors (Lipinski definition) is 4. The van der Waals surface area contributed by atoms with Crippen molar-refractivity contribution < 1.29 is 13.2 Å². The van der Waals surface area contributed by atoms with E-state index in [2.05, 4.69) is 10.0 Å². The first-order chi connectivity index (χ1) is 13.0. The van der Waals surface area contributed by atoms with Gasteiger partial charge in [-0.1, -0.05) is 19.3 Å². The van der Waals surface area contributed by atoms with Gasteiger partial charge in [-0.2, -0.15) is 0 Å². The number of rotatable bonds is 6. The van der Waals surface area contributed by atoms with Crippen LogP contribution in [0.1, 0.15) is 42.5 Å². The van der Waals surface area contributed by atoms with E-state index in [9.17, 15) is 13.2 Å². The number of hydrogen-bond donors (Lipinski definition) is 2. The van der Waals surface area contributed by atoms with Gasteiger partial charge in [0.2, 0.25) is 0 Å². The summed E-state index contributed by atoms with van der Waals surface area (Å²) in [5, 5.41) is 3.06. The maximum absolute atomic E-state index is 12.5. The van der Waals surface area contributed by atoms with E-state index < -0.39 is 10.0 Å². The molecule has 0 saturated heterocycles. The molecule has 0 radical (unpaired) electrons. The Morgan fingerprint density at radius 1 is 0.963 bits per heavy atom. The molecule has 0 aliphatic heterocycles. The standard InChI is InChI=1S/C20H24N2O3S2/c1-26-18-11-13-19(14-12-18)27(24,25)22-17-9-7-15(8-10-17)20(23)21-16-5-3-2-4-6-16/h7-14,16,22H,2-6H2,1H3,(H,21,23). The number of nitrogens with one attached hydrogen (secondary N) is 2. The summed E-state index contributed by atoms with van der Waals surface area (Å²) in [6.45, 7) is 0. The SMILES string of the molecule is CSc1ccc(S(=O)(=O)Nc2ccc(C(=O)NC3CCCCC3)cc2)cc1. The Balaban J connectivity index is 1.64. The number of amides is 1. The average molecular weight is 405 g/mol. The first kappa shape index (κ1) is 19.8. The highest BCUT2D eigenvalue weighted by atomic mass is 32.2. The lowest BCUT2D eigenvalue weighted by atomic mass is 9.95. The molecule has 1 fully saturated rings. The van der Waals surface area contributed by atoms with Gasteiger partial charge in [-0.25, -0.2) is 8.42 Å². The molecule has 0 bridgehead atoms. The Bertz CT molecular complexity index is 872. The van der Waals surface area contributed by atoms with Crippen LogP contribution in [0.5, 0.6) is 0 Å². The van der Waals surface area contributed by atoms with Gasteiger partial charge in [0.25, 0.3) is 15.9 Å². The van der Waals surface area contributed by atoms with Crippen molar-refractivity contribution in [1.29, 1.82) is 0 Å². The first-order valence-electron chi connectivity index (χ1n) is 9.06. The second-order valence-corrected chi connectivity index (χ2v) is 9.23. The highest BCUT2D eigenvalue weighted by Crippen LogP contribution is 2.21. The number of sulfonamides is 1. The summed E-state index contributed by atoms with van der Waals surface area (Å²) in [6, 6.07) is 13.5. The number of benzene rings is 2. The number of anilines is 1. The Labute approximate surface area is 165 Å². The molecule has 27 heavy (non-hydrogen) atoms. The van der Waals surface area contributed by atoms with Crippen LogP contribution in [-0.4, -0.2) is 26.6 Å². The zero-order valence-electron chi connectivity index (χ0n) is 15.3. The highest BCUT2D eigenvalue weighted by Gasteiger charge is 2.17. The van der Waals surface area contributed by atoms with Crippen molar-refractivity contribution in [3.05, 3.63) is 54.1 Å². The van der Waals surface area contributed by atoms with Crippen molar-refractivity contribution in [1.82, 2.24) is 5.32 Å². The third-order valence-electron chi connectivity index (χ3n) is 4.71. The van der Waals surface area contributed by atoms with E-state index >= 15 is 0 Å². The summed E-state index contributed by atoms with van der Waals surface area (Å²) in [7, 11) is -3.65. The van der Waals surface area contributed by atoms with Crippen molar-refractivity contribution >= 4 is 33.4 Å². The molecule has 144 valence electrons. The Morgan fingerprint density at radius 3 is 2.19 bits per heavy atom. The van der Waals surface area contributed by atoms with Gasteiger partial charge in [-0.05, 0) is 67.6 Å². The Kier molecular flexibility index (Phi) is 6.44. The van der Waals surface area contributed by atoms with Crippen LogP contribution in [0.2, 0.25) is 0 Å². The molecule has 1 aliphatic rings. The molecule has 0 spiro atoms. The molecule has 0 atom stereocenters. The number of carbonyl (C=O) groups excluding carboxylic acids is 1. The van der Waals surface area contributed by atoms with Crippen molar-refractivity contribution in [2.75, 3.05) is 11.0 Å². The van der Waals surface area contributed by atoms with Crippen LogP contribution in [0.25, 0.3) is 0 Å². The van der Waals surface area contributed by atoms with E-state index in [1.165, 1.54) is 6.42 Å². The summed E-state index contributed by atoms with van der Waals surface area (Å²) in [5.74, 6) is -0.107. The minimum absolute atomic E-state index is 0.107. The summed E-state index contributed by atoms with van der Waals surface area (Å²) in [6.07, 6.45) is 7.54. The van der Waals surface area contributed by atoms with Crippen LogP contribution >= 0.6 is 11.8 Å². The lowest BCUT2D eigenvalue weighted by Gasteiger charge is -2.22. The van der Waals surface area contributed by atoms with Gasteiger partial charge in [0.15, 0.2) is 0 Å². The summed E-state index contributed by atoms with van der Waals surface area (Å²) in [5.41, 5.74) is 0.964. The second-order valence-electron chi connectivity index (χ2n) is 6.67. The topological polar surface area (TPSA) is 75.3 Å². The van der Waals surface area contributed by atoms with Crippen molar-refractivity contribution in [3.8, 4) is 0 Å². The molecular formula is C20H24N2O3S2. The summed E-state index contributed by atoms with van der Waals surface area (Å²) < 4.78 is 27.5. The third kappa shape index (κ3) is 5.26. The van der Waals surface area contributed by atoms with Crippen molar-refractivity contribution in [2.24, 2.45) is 0 Å². The molecule has 2 aromatic rings. The second kappa shape index (κ2) is 8.80. The number of thioether (sulfide) groups is 1. The number of carbonyl (C=O) groups is 1. The van der Waals surface area contributed by atoms with Crippen molar-refractivity contribution in [2.45, 2.75) is 47.9 Å². The van der Waals surface area contributed by atoms with Gasteiger partial charge in [-0.3, -0.25) is 9.52 Å². The largest absolute Gasteiger partial charge is 0.349 e. The van der Waals surface area contributed by atoms with E-state index in [0.29, 0.717) is 11.3 Å². The van der Waals surface area contributed by atoms with E-state index in [-0.39, 0.29) is 16.8 Å². The fraction of sp³-hybridized carbons (Fsp3) is 0.350. The molecule has 2 N–H and O–H groups in total. The molecule has 3 rings (SSSR count).